The van der Waals surface area contributed by atoms with Crippen LogP contribution < -0.4 is 0 Å². The Morgan fingerprint density at radius 3 is 1.53 bits per heavy atom. The number of unbranched alkanes of at least 4 members (excludes halogenated alkanes) is 2. The standard InChI is InChI=1S/C9H12Cl4O2/c10-6-8(12)14-4-2-1-3-5-15-9(13)7-11/h6-7H,1-5H2/b8-6-,9-7-. The van der Waals surface area contributed by atoms with Crippen LogP contribution in [-0.4, -0.2) is 13.2 Å². The van der Waals surface area contributed by atoms with Crippen molar-refractivity contribution in [2.75, 3.05) is 13.2 Å². The van der Waals surface area contributed by atoms with Crippen LogP contribution in [0.4, 0.5) is 0 Å². The molecule has 0 N–H and O–H groups in total. The maximum atomic E-state index is 5.51. The molecule has 0 aromatic heterocycles. The molecule has 0 unspecified atom stereocenters. The van der Waals surface area contributed by atoms with Crippen LogP contribution in [0.2, 0.25) is 0 Å². The predicted molar refractivity (Wildman–Crippen MR) is 65.3 cm³/mol. The maximum Gasteiger partial charge on any atom is 0.198 e. The zero-order valence-electron chi connectivity index (χ0n) is 8.02. The Hall–Kier alpha value is 0.240. The van der Waals surface area contributed by atoms with Gasteiger partial charge >= 0.3 is 0 Å². The summed E-state index contributed by atoms with van der Waals surface area (Å²) in [7, 11) is 0. The van der Waals surface area contributed by atoms with Crippen molar-refractivity contribution in [2.24, 2.45) is 0 Å². The van der Waals surface area contributed by atoms with Gasteiger partial charge in [-0.05, 0) is 42.5 Å². The molecule has 0 radical (unpaired) electrons. The fourth-order valence-corrected chi connectivity index (χ4v) is 1.06. The summed E-state index contributed by atoms with van der Waals surface area (Å²) in [5, 5.41) is 0.419. The van der Waals surface area contributed by atoms with Gasteiger partial charge in [0.05, 0.1) is 24.3 Å². The lowest BCUT2D eigenvalue weighted by atomic mass is 10.2. The molecule has 0 aromatic carbocycles. The van der Waals surface area contributed by atoms with Gasteiger partial charge in [-0.25, -0.2) is 0 Å². The lowest BCUT2D eigenvalue weighted by Crippen LogP contribution is -1.94. The minimum Gasteiger partial charge on any atom is -0.482 e. The highest BCUT2D eigenvalue weighted by atomic mass is 35.5. The second kappa shape index (κ2) is 10.7. The number of hydrogen-bond acceptors (Lipinski definition) is 2. The quantitative estimate of drug-likeness (QED) is 0.475. The first-order chi connectivity index (χ1) is 7.20. The number of ether oxygens (including phenoxy) is 2. The molecule has 0 saturated heterocycles. The fraction of sp³-hybridized carbons (Fsp3) is 0.556. The molecule has 0 spiro atoms. The van der Waals surface area contributed by atoms with E-state index < -0.39 is 0 Å². The molecule has 0 rings (SSSR count). The average molecular weight is 294 g/mol. The summed E-state index contributed by atoms with van der Waals surface area (Å²) in [6.45, 7) is 1.09. The summed E-state index contributed by atoms with van der Waals surface area (Å²) in [4.78, 5) is 0. The van der Waals surface area contributed by atoms with Crippen LogP contribution >= 0.6 is 46.4 Å². The third-order valence-corrected chi connectivity index (χ3v) is 2.50. The van der Waals surface area contributed by atoms with E-state index in [1.165, 1.54) is 11.1 Å². The van der Waals surface area contributed by atoms with Crippen molar-refractivity contribution in [1.29, 1.82) is 0 Å². The molecule has 0 atom stereocenters. The van der Waals surface area contributed by atoms with E-state index in [0.717, 1.165) is 19.3 Å². The minimum absolute atomic E-state index is 0.209. The van der Waals surface area contributed by atoms with Crippen LogP contribution in [0, 0.1) is 0 Å². The van der Waals surface area contributed by atoms with Crippen molar-refractivity contribution in [3.8, 4) is 0 Å². The van der Waals surface area contributed by atoms with E-state index in [4.69, 9.17) is 55.9 Å². The molecule has 2 nitrogen and oxygen atoms in total. The van der Waals surface area contributed by atoms with Crippen LogP contribution in [0.3, 0.4) is 0 Å². The van der Waals surface area contributed by atoms with E-state index in [2.05, 4.69) is 0 Å². The predicted octanol–water partition coefficient (Wildman–Crippen LogP) is 4.74. The topological polar surface area (TPSA) is 18.5 Å². The Labute approximate surface area is 110 Å². The fourth-order valence-electron chi connectivity index (χ4n) is 0.783. The Kier molecular flexibility index (Phi) is 10.9. The summed E-state index contributed by atoms with van der Waals surface area (Å²) < 4.78 is 10.1. The molecule has 6 heteroatoms. The zero-order valence-corrected chi connectivity index (χ0v) is 11.0. The Balaban J connectivity index is 3.19. The van der Waals surface area contributed by atoms with Crippen LogP contribution in [0.15, 0.2) is 21.5 Å². The van der Waals surface area contributed by atoms with E-state index in [9.17, 15) is 0 Å². The van der Waals surface area contributed by atoms with E-state index in [1.807, 2.05) is 0 Å². The molecular weight excluding hydrogens is 282 g/mol. The van der Waals surface area contributed by atoms with E-state index in [1.54, 1.807) is 0 Å². The van der Waals surface area contributed by atoms with Gasteiger partial charge in [-0.2, -0.15) is 0 Å². The second-order valence-electron chi connectivity index (χ2n) is 2.58. The van der Waals surface area contributed by atoms with Crippen molar-refractivity contribution < 1.29 is 9.47 Å². The Morgan fingerprint density at radius 1 is 0.800 bits per heavy atom. The van der Waals surface area contributed by atoms with Gasteiger partial charge in [0, 0.05) is 0 Å². The highest BCUT2D eigenvalue weighted by molar-refractivity contribution is 6.35. The summed E-state index contributed by atoms with van der Waals surface area (Å²) in [6, 6.07) is 0. The highest BCUT2D eigenvalue weighted by Gasteiger charge is 1.95. The summed E-state index contributed by atoms with van der Waals surface area (Å²) in [5.41, 5.74) is 2.38. The zero-order chi connectivity index (χ0) is 11.5. The van der Waals surface area contributed by atoms with Crippen molar-refractivity contribution in [3.05, 3.63) is 21.5 Å². The monoisotopic (exact) mass is 292 g/mol. The molecule has 0 aliphatic rings. The highest BCUT2D eigenvalue weighted by Crippen LogP contribution is 2.09. The molecule has 0 aliphatic heterocycles. The molecule has 0 amide bonds. The van der Waals surface area contributed by atoms with Gasteiger partial charge in [0.25, 0.3) is 0 Å². The summed E-state index contributed by atoms with van der Waals surface area (Å²) in [6.07, 6.45) is 2.72. The van der Waals surface area contributed by atoms with E-state index >= 15 is 0 Å². The van der Waals surface area contributed by atoms with Crippen LogP contribution in [0.25, 0.3) is 0 Å². The second-order valence-corrected chi connectivity index (χ2v) is 3.77. The van der Waals surface area contributed by atoms with Gasteiger partial charge < -0.3 is 9.47 Å². The normalized spacial score (nSPS) is 12.8. The van der Waals surface area contributed by atoms with E-state index in [-0.39, 0.29) is 10.4 Å². The lowest BCUT2D eigenvalue weighted by Gasteiger charge is -2.04. The smallest absolute Gasteiger partial charge is 0.198 e. The first-order valence-corrected chi connectivity index (χ1v) is 6.01. The molecule has 0 aliphatic carbocycles. The average Bonchev–Trinajstić information content (AvgIpc) is 2.26. The minimum atomic E-state index is 0.209. The van der Waals surface area contributed by atoms with Crippen molar-refractivity contribution in [1.82, 2.24) is 0 Å². The third kappa shape index (κ3) is 10.5. The molecule has 0 bridgehead atoms. The van der Waals surface area contributed by atoms with Crippen molar-refractivity contribution in [2.45, 2.75) is 19.3 Å². The van der Waals surface area contributed by atoms with Gasteiger partial charge in [-0.15, -0.1) is 0 Å². The van der Waals surface area contributed by atoms with Gasteiger partial charge in [-0.1, -0.05) is 23.2 Å². The molecule has 0 heterocycles. The lowest BCUT2D eigenvalue weighted by molar-refractivity contribution is 0.207. The van der Waals surface area contributed by atoms with Gasteiger partial charge in [0.15, 0.2) is 10.4 Å². The third-order valence-electron chi connectivity index (χ3n) is 1.44. The number of rotatable bonds is 8. The molecule has 0 aromatic rings. The SMILES string of the molecule is Cl/C=C(/Cl)OCCCCCO/C(Cl)=C\Cl. The van der Waals surface area contributed by atoms with Gasteiger partial charge in [-0.3, -0.25) is 0 Å². The van der Waals surface area contributed by atoms with Gasteiger partial charge in [0.1, 0.15) is 0 Å². The Morgan fingerprint density at radius 2 is 1.20 bits per heavy atom. The molecule has 15 heavy (non-hydrogen) atoms. The van der Waals surface area contributed by atoms with Crippen molar-refractivity contribution >= 4 is 46.4 Å². The van der Waals surface area contributed by atoms with Crippen molar-refractivity contribution in [3.63, 3.8) is 0 Å². The Bertz CT molecular complexity index is 194. The number of halogens is 4. The first kappa shape index (κ1) is 15.2. The van der Waals surface area contributed by atoms with Gasteiger partial charge in [0.2, 0.25) is 0 Å². The number of hydrogen-bond donors (Lipinski definition) is 0. The van der Waals surface area contributed by atoms with Crippen LogP contribution in [-0.2, 0) is 9.47 Å². The molecule has 0 saturated carbocycles. The largest absolute Gasteiger partial charge is 0.482 e. The maximum absolute atomic E-state index is 5.51. The summed E-state index contributed by atoms with van der Waals surface area (Å²) in [5.74, 6) is 0. The van der Waals surface area contributed by atoms with E-state index in [0.29, 0.717) is 13.2 Å². The van der Waals surface area contributed by atoms with Crippen LogP contribution in [0.1, 0.15) is 19.3 Å². The molecule has 88 valence electrons. The molecular formula is C9H12Cl4O2. The summed E-state index contributed by atoms with van der Waals surface area (Å²) >= 11 is 21.6. The first-order valence-electron chi connectivity index (χ1n) is 4.38. The van der Waals surface area contributed by atoms with Crippen LogP contribution in [0.5, 0.6) is 0 Å². The molecule has 0 fully saturated rings.